The SMILES string of the molecule is CC(C)CC(NS(=O)(=O)c1cccc([N+](=O)[O-])c1)C(=O)Nc1ccc(N2CCOCC2)cc1. The quantitative estimate of drug-likeness (QED) is 0.420. The first-order chi connectivity index (χ1) is 15.7. The van der Waals surface area contributed by atoms with Crippen molar-refractivity contribution in [3.63, 3.8) is 0 Å². The largest absolute Gasteiger partial charge is 0.378 e. The van der Waals surface area contributed by atoms with Crippen LogP contribution in [0.3, 0.4) is 0 Å². The van der Waals surface area contributed by atoms with Crippen molar-refractivity contribution >= 4 is 33.0 Å². The van der Waals surface area contributed by atoms with E-state index in [1.165, 1.54) is 18.2 Å². The number of nitrogens with zero attached hydrogens (tertiary/aromatic N) is 2. The molecular weight excluding hydrogens is 448 g/mol. The number of carbonyl (C=O) groups excluding carboxylic acids is 1. The summed E-state index contributed by atoms with van der Waals surface area (Å²) in [6.45, 7) is 6.67. The number of nitro benzene ring substituents is 1. The van der Waals surface area contributed by atoms with Crippen LogP contribution >= 0.6 is 0 Å². The molecule has 0 saturated carbocycles. The molecule has 1 heterocycles. The number of rotatable bonds is 9. The van der Waals surface area contributed by atoms with Gasteiger partial charge in [-0.3, -0.25) is 14.9 Å². The number of benzene rings is 2. The molecule has 3 rings (SSSR count). The molecule has 1 aliphatic rings. The van der Waals surface area contributed by atoms with Crippen LogP contribution < -0.4 is 14.9 Å². The Hall–Kier alpha value is -3.02. The molecule has 2 N–H and O–H groups in total. The number of ether oxygens (including phenoxy) is 1. The van der Waals surface area contributed by atoms with Crippen LogP contribution in [0, 0.1) is 16.0 Å². The lowest BCUT2D eigenvalue weighted by Gasteiger charge is -2.29. The molecule has 0 aliphatic carbocycles. The van der Waals surface area contributed by atoms with Crippen molar-refractivity contribution in [3.05, 3.63) is 58.6 Å². The summed E-state index contributed by atoms with van der Waals surface area (Å²) in [6, 6.07) is 11.0. The maximum absolute atomic E-state index is 12.9. The molecule has 1 amide bonds. The number of nitrogens with one attached hydrogen (secondary N) is 2. The fraction of sp³-hybridized carbons (Fsp3) is 0.409. The molecule has 0 radical (unpaired) electrons. The lowest BCUT2D eigenvalue weighted by atomic mass is 10.0. The summed E-state index contributed by atoms with van der Waals surface area (Å²) in [7, 11) is -4.15. The summed E-state index contributed by atoms with van der Waals surface area (Å²) < 4.78 is 33.5. The van der Waals surface area contributed by atoms with Crippen molar-refractivity contribution < 1.29 is 22.9 Å². The van der Waals surface area contributed by atoms with E-state index in [1.54, 1.807) is 12.1 Å². The van der Waals surface area contributed by atoms with Gasteiger partial charge in [0.25, 0.3) is 5.69 Å². The van der Waals surface area contributed by atoms with Crippen LogP contribution in [0.2, 0.25) is 0 Å². The zero-order valence-corrected chi connectivity index (χ0v) is 19.4. The minimum absolute atomic E-state index is 0.0252. The second-order valence-corrected chi connectivity index (χ2v) is 9.91. The molecule has 0 aromatic heterocycles. The molecular formula is C22H28N4O6S. The number of amides is 1. The first-order valence-electron chi connectivity index (χ1n) is 10.7. The Morgan fingerprint density at radius 1 is 1.15 bits per heavy atom. The lowest BCUT2D eigenvalue weighted by molar-refractivity contribution is -0.385. The summed E-state index contributed by atoms with van der Waals surface area (Å²) in [5.41, 5.74) is 1.21. The summed E-state index contributed by atoms with van der Waals surface area (Å²) in [6.07, 6.45) is 0.256. The number of non-ortho nitro benzene ring substituents is 1. The summed E-state index contributed by atoms with van der Waals surface area (Å²) >= 11 is 0. The maximum atomic E-state index is 12.9. The van der Waals surface area contributed by atoms with Gasteiger partial charge in [-0.1, -0.05) is 19.9 Å². The highest BCUT2D eigenvalue weighted by Gasteiger charge is 2.27. The predicted octanol–water partition coefficient (Wildman–Crippen LogP) is 2.76. The third kappa shape index (κ3) is 6.73. The maximum Gasteiger partial charge on any atom is 0.270 e. The van der Waals surface area contributed by atoms with Gasteiger partial charge in [0.2, 0.25) is 15.9 Å². The molecule has 0 spiro atoms. The van der Waals surface area contributed by atoms with Gasteiger partial charge in [-0.05, 0) is 42.7 Å². The molecule has 2 aromatic carbocycles. The van der Waals surface area contributed by atoms with Gasteiger partial charge in [0.05, 0.1) is 23.0 Å². The van der Waals surface area contributed by atoms with Gasteiger partial charge in [-0.2, -0.15) is 4.72 Å². The second-order valence-electron chi connectivity index (χ2n) is 8.19. The molecule has 1 fully saturated rings. The van der Waals surface area contributed by atoms with Gasteiger partial charge in [-0.25, -0.2) is 8.42 Å². The van der Waals surface area contributed by atoms with Crippen molar-refractivity contribution in [2.75, 3.05) is 36.5 Å². The third-order valence-corrected chi connectivity index (χ3v) is 6.64. The fourth-order valence-corrected chi connectivity index (χ4v) is 4.75. The van der Waals surface area contributed by atoms with E-state index >= 15 is 0 Å². The van der Waals surface area contributed by atoms with Gasteiger partial charge in [-0.15, -0.1) is 0 Å². The summed E-state index contributed by atoms with van der Waals surface area (Å²) in [5, 5.41) is 13.8. The van der Waals surface area contributed by atoms with Gasteiger partial charge in [0.1, 0.15) is 6.04 Å². The fourth-order valence-electron chi connectivity index (χ4n) is 3.51. The minimum Gasteiger partial charge on any atom is -0.378 e. The summed E-state index contributed by atoms with van der Waals surface area (Å²) in [4.78, 5) is 25.2. The Kier molecular flexibility index (Phi) is 8.01. The van der Waals surface area contributed by atoms with Gasteiger partial charge in [0, 0.05) is 36.6 Å². The molecule has 1 unspecified atom stereocenters. The van der Waals surface area contributed by atoms with Crippen LogP contribution in [-0.2, 0) is 19.6 Å². The molecule has 10 nitrogen and oxygen atoms in total. The highest BCUT2D eigenvalue weighted by atomic mass is 32.2. The molecule has 11 heteroatoms. The predicted molar refractivity (Wildman–Crippen MR) is 125 cm³/mol. The number of hydrogen-bond acceptors (Lipinski definition) is 7. The molecule has 1 atom stereocenters. The molecule has 1 saturated heterocycles. The Bertz CT molecular complexity index is 1080. The van der Waals surface area contributed by atoms with Crippen molar-refractivity contribution in [1.82, 2.24) is 4.72 Å². The van der Waals surface area contributed by atoms with Crippen molar-refractivity contribution in [1.29, 1.82) is 0 Å². The van der Waals surface area contributed by atoms with Crippen LogP contribution in [0.25, 0.3) is 0 Å². The number of hydrogen-bond donors (Lipinski definition) is 2. The van der Waals surface area contributed by atoms with E-state index in [1.807, 2.05) is 26.0 Å². The van der Waals surface area contributed by atoms with E-state index < -0.39 is 26.9 Å². The molecule has 1 aliphatic heterocycles. The summed E-state index contributed by atoms with van der Waals surface area (Å²) in [5.74, 6) is -0.478. The van der Waals surface area contributed by atoms with Crippen LogP contribution in [-0.4, -0.2) is 51.6 Å². The topological polar surface area (TPSA) is 131 Å². The van der Waals surface area contributed by atoms with E-state index in [-0.39, 0.29) is 22.9 Å². The number of nitro groups is 1. The van der Waals surface area contributed by atoms with Crippen LogP contribution in [0.15, 0.2) is 53.4 Å². The van der Waals surface area contributed by atoms with Gasteiger partial charge < -0.3 is 15.0 Å². The van der Waals surface area contributed by atoms with Gasteiger partial charge >= 0.3 is 0 Å². The van der Waals surface area contributed by atoms with Crippen LogP contribution in [0.5, 0.6) is 0 Å². The van der Waals surface area contributed by atoms with Crippen LogP contribution in [0.1, 0.15) is 20.3 Å². The zero-order valence-electron chi connectivity index (χ0n) is 18.6. The van der Waals surface area contributed by atoms with Crippen LogP contribution in [0.4, 0.5) is 17.1 Å². The first kappa shape index (κ1) is 24.6. The normalized spacial score (nSPS) is 15.3. The Labute approximate surface area is 193 Å². The van der Waals surface area contributed by atoms with E-state index in [0.29, 0.717) is 18.9 Å². The smallest absolute Gasteiger partial charge is 0.270 e. The molecule has 2 aromatic rings. The standard InChI is InChI=1S/C22H28N4O6S/c1-16(2)14-21(24-33(30,31)20-5-3-4-19(15-20)26(28)29)22(27)23-17-6-8-18(9-7-17)25-10-12-32-13-11-25/h3-9,15-16,21,24H,10-14H2,1-2H3,(H,23,27). The third-order valence-electron chi connectivity index (χ3n) is 5.17. The van der Waals surface area contributed by atoms with Crippen molar-refractivity contribution in [3.8, 4) is 0 Å². The van der Waals surface area contributed by atoms with Gasteiger partial charge in [0.15, 0.2) is 0 Å². The molecule has 33 heavy (non-hydrogen) atoms. The Morgan fingerprint density at radius 2 is 1.82 bits per heavy atom. The molecule has 0 bridgehead atoms. The Balaban J connectivity index is 1.73. The average Bonchev–Trinajstić information content (AvgIpc) is 2.79. The first-order valence-corrected chi connectivity index (χ1v) is 12.1. The van der Waals surface area contributed by atoms with Crippen molar-refractivity contribution in [2.24, 2.45) is 5.92 Å². The number of anilines is 2. The Morgan fingerprint density at radius 3 is 2.42 bits per heavy atom. The number of carbonyl (C=O) groups is 1. The van der Waals surface area contributed by atoms with E-state index in [4.69, 9.17) is 4.74 Å². The highest BCUT2D eigenvalue weighted by molar-refractivity contribution is 7.89. The van der Waals surface area contributed by atoms with E-state index in [9.17, 15) is 23.3 Å². The number of sulfonamides is 1. The highest BCUT2D eigenvalue weighted by Crippen LogP contribution is 2.21. The average molecular weight is 477 g/mol. The number of morpholine rings is 1. The molecule has 178 valence electrons. The van der Waals surface area contributed by atoms with E-state index in [2.05, 4.69) is 14.9 Å². The lowest BCUT2D eigenvalue weighted by Crippen LogP contribution is -2.44. The zero-order chi connectivity index (χ0) is 24.0. The van der Waals surface area contributed by atoms with Crippen molar-refractivity contribution in [2.45, 2.75) is 31.2 Å². The van der Waals surface area contributed by atoms with E-state index in [0.717, 1.165) is 24.8 Å². The second kappa shape index (κ2) is 10.7. The minimum atomic E-state index is -4.15. The monoisotopic (exact) mass is 476 g/mol.